The first-order valence-corrected chi connectivity index (χ1v) is 10.5. The van der Waals surface area contributed by atoms with Crippen LogP contribution in [0, 0.1) is 0 Å². The monoisotopic (exact) mass is 374 g/mol. The van der Waals surface area contributed by atoms with Crippen molar-refractivity contribution in [3.63, 3.8) is 0 Å². The summed E-state index contributed by atoms with van der Waals surface area (Å²) in [6, 6.07) is 15.1. The number of nitrogens with one attached hydrogen (secondary N) is 1. The number of piperidine rings is 1. The van der Waals surface area contributed by atoms with Crippen molar-refractivity contribution in [3.05, 3.63) is 59.7 Å². The van der Waals surface area contributed by atoms with Crippen LogP contribution in [0.4, 0.5) is 0 Å². The fraction of sp³-hybridized carbons (Fsp3) is 0.400. The lowest BCUT2D eigenvalue weighted by molar-refractivity contribution is 0.346. The van der Waals surface area contributed by atoms with Crippen LogP contribution >= 0.6 is 0 Å². The smallest absolute Gasteiger partial charge is 0.243 e. The molecule has 1 fully saturated rings. The predicted octanol–water partition coefficient (Wildman–Crippen LogP) is 3.16. The predicted molar refractivity (Wildman–Crippen MR) is 103 cm³/mol. The van der Waals surface area contributed by atoms with Gasteiger partial charge < -0.3 is 10.1 Å². The second-order valence-corrected chi connectivity index (χ2v) is 8.50. The molecular formula is C20H26N2O3S. The van der Waals surface area contributed by atoms with E-state index in [0.717, 1.165) is 42.7 Å². The van der Waals surface area contributed by atoms with Gasteiger partial charge in [0.25, 0.3) is 0 Å². The fourth-order valence-electron chi connectivity index (χ4n) is 3.17. The van der Waals surface area contributed by atoms with Crippen LogP contribution in [0.2, 0.25) is 0 Å². The molecule has 1 heterocycles. The van der Waals surface area contributed by atoms with Crippen molar-refractivity contribution in [3.8, 4) is 5.75 Å². The SMILES string of the molecule is COc1cccc(CNCc2ccc(S(=O)(=O)N3CCCCC3)cc2)c1. The van der Waals surface area contributed by atoms with Crippen molar-refractivity contribution in [1.29, 1.82) is 0 Å². The molecule has 1 aliphatic rings. The summed E-state index contributed by atoms with van der Waals surface area (Å²) >= 11 is 0. The Labute approximate surface area is 156 Å². The molecule has 2 aromatic carbocycles. The summed E-state index contributed by atoms with van der Waals surface area (Å²) in [7, 11) is -1.69. The first-order chi connectivity index (χ1) is 12.6. The molecule has 26 heavy (non-hydrogen) atoms. The second-order valence-electron chi connectivity index (χ2n) is 6.56. The highest BCUT2D eigenvalue weighted by Gasteiger charge is 2.25. The Morgan fingerprint density at radius 1 is 0.962 bits per heavy atom. The van der Waals surface area contributed by atoms with Crippen LogP contribution in [-0.4, -0.2) is 32.9 Å². The van der Waals surface area contributed by atoms with Gasteiger partial charge in [-0.3, -0.25) is 0 Å². The number of ether oxygens (including phenoxy) is 1. The molecule has 0 aromatic heterocycles. The zero-order valence-corrected chi connectivity index (χ0v) is 16.0. The van der Waals surface area contributed by atoms with Gasteiger partial charge in [0, 0.05) is 26.2 Å². The summed E-state index contributed by atoms with van der Waals surface area (Å²) in [5.74, 6) is 0.844. The molecule has 0 bridgehead atoms. The van der Waals surface area contributed by atoms with E-state index in [1.165, 1.54) is 0 Å². The van der Waals surface area contributed by atoms with Gasteiger partial charge in [-0.25, -0.2) is 8.42 Å². The van der Waals surface area contributed by atoms with Crippen molar-refractivity contribution >= 4 is 10.0 Å². The minimum Gasteiger partial charge on any atom is -0.497 e. The van der Waals surface area contributed by atoms with Gasteiger partial charge >= 0.3 is 0 Å². The third-order valence-corrected chi connectivity index (χ3v) is 6.58. The Morgan fingerprint density at radius 3 is 2.35 bits per heavy atom. The molecule has 0 amide bonds. The number of hydrogen-bond acceptors (Lipinski definition) is 4. The molecule has 1 saturated heterocycles. The van der Waals surface area contributed by atoms with Gasteiger partial charge in [-0.15, -0.1) is 0 Å². The highest BCUT2D eigenvalue weighted by atomic mass is 32.2. The maximum absolute atomic E-state index is 12.7. The number of methoxy groups -OCH3 is 1. The van der Waals surface area contributed by atoms with Crippen LogP contribution in [0.25, 0.3) is 0 Å². The molecule has 1 N–H and O–H groups in total. The quantitative estimate of drug-likeness (QED) is 0.809. The normalized spacial score (nSPS) is 15.7. The molecule has 140 valence electrons. The Balaban J connectivity index is 1.57. The standard InChI is InChI=1S/C20H26N2O3S/c1-25-19-7-5-6-18(14-19)16-21-15-17-8-10-20(11-9-17)26(23,24)22-12-3-2-4-13-22/h5-11,14,21H,2-4,12-13,15-16H2,1H3. The molecule has 5 nitrogen and oxygen atoms in total. The van der Waals surface area contributed by atoms with E-state index >= 15 is 0 Å². The zero-order valence-electron chi connectivity index (χ0n) is 15.1. The number of hydrogen-bond donors (Lipinski definition) is 1. The van der Waals surface area contributed by atoms with Gasteiger partial charge in [-0.1, -0.05) is 30.7 Å². The van der Waals surface area contributed by atoms with Crippen molar-refractivity contribution < 1.29 is 13.2 Å². The average molecular weight is 375 g/mol. The van der Waals surface area contributed by atoms with E-state index in [4.69, 9.17) is 4.74 Å². The molecule has 0 spiro atoms. The molecule has 0 aliphatic carbocycles. The van der Waals surface area contributed by atoms with E-state index < -0.39 is 10.0 Å². The van der Waals surface area contributed by atoms with Crippen LogP contribution in [0.5, 0.6) is 5.75 Å². The average Bonchev–Trinajstić information content (AvgIpc) is 2.69. The number of benzene rings is 2. The van der Waals surface area contributed by atoms with Crippen LogP contribution < -0.4 is 10.1 Å². The number of sulfonamides is 1. The largest absolute Gasteiger partial charge is 0.497 e. The topological polar surface area (TPSA) is 58.6 Å². The Morgan fingerprint density at radius 2 is 1.65 bits per heavy atom. The number of rotatable bonds is 7. The molecule has 0 unspecified atom stereocenters. The fourth-order valence-corrected chi connectivity index (χ4v) is 4.68. The maximum atomic E-state index is 12.7. The van der Waals surface area contributed by atoms with E-state index in [0.29, 0.717) is 24.5 Å². The van der Waals surface area contributed by atoms with Crippen LogP contribution in [0.1, 0.15) is 30.4 Å². The first-order valence-electron chi connectivity index (χ1n) is 9.02. The summed E-state index contributed by atoms with van der Waals surface area (Å²) < 4.78 is 32.1. The Bertz CT molecular complexity index is 813. The van der Waals surface area contributed by atoms with Gasteiger partial charge in [0.2, 0.25) is 10.0 Å². The summed E-state index contributed by atoms with van der Waals surface area (Å²) in [6.07, 6.45) is 3.01. The van der Waals surface area contributed by atoms with E-state index in [2.05, 4.69) is 5.32 Å². The van der Waals surface area contributed by atoms with Crippen molar-refractivity contribution in [2.75, 3.05) is 20.2 Å². The van der Waals surface area contributed by atoms with E-state index in [-0.39, 0.29) is 0 Å². The van der Waals surface area contributed by atoms with Crippen molar-refractivity contribution in [2.24, 2.45) is 0 Å². The lowest BCUT2D eigenvalue weighted by Crippen LogP contribution is -2.35. The van der Waals surface area contributed by atoms with Crippen LogP contribution in [0.15, 0.2) is 53.4 Å². The molecule has 2 aromatic rings. The van der Waals surface area contributed by atoms with Crippen molar-refractivity contribution in [1.82, 2.24) is 9.62 Å². The van der Waals surface area contributed by atoms with Gasteiger partial charge in [0.15, 0.2) is 0 Å². The van der Waals surface area contributed by atoms with E-state index in [1.54, 1.807) is 23.5 Å². The van der Waals surface area contributed by atoms with Crippen LogP contribution in [0.3, 0.4) is 0 Å². The van der Waals surface area contributed by atoms with E-state index in [1.807, 2.05) is 36.4 Å². The molecular weight excluding hydrogens is 348 g/mol. The minimum absolute atomic E-state index is 0.385. The van der Waals surface area contributed by atoms with Gasteiger partial charge in [0.1, 0.15) is 5.75 Å². The Hall–Kier alpha value is -1.89. The molecule has 0 radical (unpaired) electrons. The lowest BCUT2D eigenvalue weighted by Gasteiger charge is -2.25. The van der Waals surface area contributed by atoms with Gasteiger partial charge in [-0.2, -0.15) is 4.31 Å². The summed E-state index contributed by atoms with van der Waals surface area (Å²) in [5, 5.41) is 3.38. The highest BCUT2D eigenvalue weighted by molar-refractivity contribution is 7.89. The third-order valence-electron chi connectivity index (χ3n) is 4.67. The molecule has 6 heteroatoms. The molecule has 1 aliphatic heterocycles. The zero-order chi connectivity index (χ0) is 18.4. The second kappa shape index (κ2) is 8.66. The summed E-state index contributed by atoms with van der Waals surface area (Å²) in [5.41, 5.74) is 2.21. The van der Waals surface area contributed by atoms with Crippen molar-refractivity contribution in [2.45, 2.75) is 37.2 Å². The molecule has 0 saturated carbocycles. The third kappa shape index (κ3) is 4.63. The number of nitrogens with zero attached hydrogens (tertiary/aromatic N) is 1. The van der Waals surface area contributed by atoms with Gasteiger partial charge in [0.05, 0.1) is 12.0 Å². The maximum Gasteiger partial charge on any atom is 0.243 e. The molecule has 0 atom stereocenters. The Kier molecular flexibility index (Phi) is 6.29. The van der Waals surface area contributed by atoms with E-state index in [9.17, 15) is 8.42 Å². The lowest BCUT2D eigenvalue weighted by atomic mass is 10.2. The molecule has 3 rings (SSSR count). The minimum atomic E-state index is -3.35. The highest BCUT2D eigenvalue weighted by Crippen LogP contribution is 2.21. The van der Waals surface area contributed by atoms with Crippen LogP contribution in [-0.2, 0) is 23.1 Å². The summed E-state index contributed by atoms with van der Waals surface area (Å²) in [6.45, 7) is 2.67. The first kappa shape index (κ1) is 18.9. The summed E-state index contributed by atoms with van der Waals surface area (Å²) in [4.78, 5) is 0.385. The van der Waals surface area contributed by atoms with Gasteiger partial charge in [-0.05, 0) is 48.2 Å².